The van der Waals surface area contributed by atoms with Crippen LogP contribution in [0.2, 0.25) is 0 Å². The van der Waals surface area contributed by atoms with E-state index in [1.807, 2.05) is 61.5 Å². The Kier molecular flexibility index (Phi) is 9.12. The number of hydrogen-bond acceptors (Lipinski definition) is 4. The van der Waals surface area contributed by atoms with Gasteiger partial charge in [-0.1, -0.05) is 97.2 Å². The first kappa shape index (κ1) is 25.9. The average Bonchev–Trinajstić information content (AvgIpc) is 3.36. The Morgan fingerprint density at radius 2 is 1.75 bits per heavy atom. The monoisotopic (exact) mass is 487 g/mol. The van der Waals surface area contributed by atoms with Crippen molar-refractivity contribution in [3.63, 3.8) is 0 Å². The second-order valence-electron chi connectivity index (χ2n) is 10.1. The highest BCUT2D eigenvalue weighted by atomic mass is 16.5. The SMILES string of the molecule is C=C1CC(OC(=O)C(c2ccccc2)C2CCCCC2)C1CC[NH3+].Cc1cc(-c2ccccc2)on1. The Balaban J connectivity index is 0.000000211. The van der Waals surface area contributed by atoms with E-state index in [1.165, 1.54) is 24.8 Å². The summed E-state index contributed by atoms with van der Waals surface area (Å²) < 4.78 is 11.1. The molecule has 0 bridgehead atoms. The van der Waals surface area contributed by atoms with E-state index in [4.69, 9.17) is 9.26 Å². The van der Waals surface area contributed by atoms with Crippen molar-refractivity contribution in [2.45, 2.75) is 63.9 Å². The zero-order valence-electron chi connectivity index (χ0n) is 21.4. The van der Waals surface area contributed by atoms with Gasteiger partial charge in [0.1, 0.15) is 6.10 Å². The Labute approximate surface area is 214 Å². The molecule has 2 fully saturated rings. The van der Waals surface area contributed by atoms with Crippen molar-refractivity contribution in [1.29, 1.82) is 0 Å². The molecule has 3 unspecified atom stereocenters. The molecule has 1 aromatic heterocycles. The van der Waals surface area contributed by atoms with Gasteiger partial charge in [-0.3, -0.25) is 4.79 Å². The number of hydrogen-bond donors (Lipinski definition) is 1. The summed E-state index contributed by atoms with van der Waals surface area (Å²) in [5.74, 6) is 1.42. The molecule has 36 heavy (non-hydrogen) atoms. The maximum atomic E-state index is 13.0. The van der Waals surface area contributed by atoms with Crippen molar-refractivity contribution >= 4 is 5.97 Å². The topological polar surface area (TPSA) is 80.0 Å². The highest BCUT2D eigenvalue weighted by molar-refractivity contribution is 5.79. The van der Waals surface area contributed by atoms with Crippen LogP contribution in [0.3, 0.4) is 0 Å². The summed E-state index contributed by atoms with van der Waals surface area (Å²) in [5, 5.41) is 3.82. The molecule has 0 spiro atoms. The first-order valence-corrected chi connectivity index (χ1v) is 13.3. The molecule has 0 saturated heterocycles. The summed E-state index contributed by atoms with van der Waals surface area (Å²) in [7, 11) is 0. The number of esters is 1. The fraction of sp³-hybridized carbons (Fsp3) is 0.419. The molecule has 2 aliphatic rings. The summed E-state index contributed by atoms with van der Waals surface area (Å²) in [6, 6.07) is 22.1. The highest BCUT2D eigenvalue weighted by Crippen LogP contribution is 2.41. The third-order valence-corrected chi connectivity index (χ3v) is 7.44. The zero-order valence-corrected chi connectivity index (χ0v) is 21.4. The molecule has 0 amide bonds. The number of carbonyl (C=O) groups excluding carboxylic acids is 1. The van der Waals surface area contributed by atoms with Gasteiger partial charge in [-0.2, -0.15) is 0 Å². The maximum Gasteiger partial charge on any atom is 0.314 e. The lowest BCUT2D eigenvalue weighted by Crippen LogP contribution is -2.53. The summed E-state index contributed by atoms with van der Waals surface area (Å²) in [4.78, 5) is 13.0. The smallest absolute Gasteiger partial charge is 0.314 e. The fourth-order valence-electron chi connectivity index (χ4n) is 5.44. The van der Waals surface area contributed by atoms with E-state index in [-0.39, 0.29) is 18.0 Å². The van der Waals surface area contributed by atoms with Gasteiger partial charge in [-0.25, -0.2) is 0 Å². The largest absolute Gasteiger partial charge is 0.461 e. The van der Waals surface area contributed by atoms with E-state index in [1.54, 1.807) is 0 Å². The van der Waals surface area contributed by atoms with Gasteiger partial charge in [-0.05, 0) is 31.2 Å². The van der Waals surface area contributed by atoms with E-state index in [2.05, 4.69) is 29.6 Å². The van der Waals surface area contributed by atoms with Crippen LogP contribution in [-0.2, 0) is 9.53 Å². The van der Waals surface area contributed by atoms with Gasteiger partial charge in [-0.15, -0.1) is 0 Å². The van der Waals surface area contributed by atoms with E-state index in [9.17, 15) is 4.79 Å². The minimum atomic E-state index is -0.110. The first-order chi connectivity index (χ1) is 17.6. The normalized spacial score (nSPS) is 20.6. The van der Waals surface area contributed by atoms with Gasteiger partial charge in [0.25, 0.3) is 0 Å². The van der Waals surface area contributed by atoms with Crippen molar-refractivity contribution < 1.29 is 19.8 Å². The summed E-state index contributed by atoms with van der Waals surface area (Å²) in [5.41, 5.74) is 8.23. The average molecular weight is 488 g/mol. The second-order valence-corrected chi connectivity index (χ2v) is 10.1. The molecule has 3 aromatic rings. The lowest BCUT2D eigenvalue weighted by atomic mass is 9.74. The Hall–Kier alpha value is -3.18. The van der Waals surface area contributed by atoms with Crippen molar-refractivity contribution in [3.05, 3.63) is 90.1 Å². The molecule has 3 atom stereocenters. The molecule has 5 nitrogen and oxygen atoms in total. The molecule has 1 heterocycles. The summed E-state index contributed by atoms with van der Waals surface area (Å²) in [6.07, 6.45) is 7.82. The minimum Gasteiger partial charge on any atom is -0.461 e. The molecule has 5 heteroatoms. The van der Waals surface area contributed by atoms with Crippen LogP contribution >= 0.6 is 0 Å². The van der Waals surface area contributed by atoms with E-state index in [0.29, 0.717) is 11.8 Å². The Morgan fingerprint density at radius 1 is 1.08 bits per heavy atom. The first-order valence-electron chi connectivity index (χ1n) is 13.3. The third kappa shape index (κ3) is 6.52. The number of aryl methyl sites for hydroxylation is 1. The number of rotatable bonds is 7. The third-order valence-electron chi connectivity index (χ3n) is 7.44. The molecule has 5 rings (SSSR count). The minimum absolute atomic E-state index is 0.0153. The standard InChI is InChI=1S/C21H29NO2.C10H9NO/c1-15-14-19(18(15)12-13-22)24-21(23)20(16-8-4-2-5-9-16)17-10-6-3-7-11-17;1-8-7-10(12-11-8)9-5-3-2-4-6-9/h2,4-5,8-9,17-20H,1,3,6-7,10-14,22H2;2-7H,1H3/p+1. The van der Waals surface area contributed by atoms with Crippen LogP contribution in [-0.4, -0.2) is 23.8 Å². The lowest BCUT2D eigenvalue weighted by molar-refractivity contribution is -0.371. The van der Waals surface area contributed by atoms with Gasteiger partial charge in [0.2, 0.25) is 0 Å². The van der Waals surface area contributed by atoms with Crippen LogP contribution in [0, 0.1) is 18.8 Å². The summed E-state index contributed by atoms with van der Waals surface area (Å²) >= 11 is 0. The molecule has 0 aliphatic heterocycles. The van der Waals surface area contributed by atoms with Crippen LogP contribution in [0.4, 0.5) is 0 Å². The van der Waals surface area contributed by atoms with E-state index in [0.717, 1.165) is 54.8 Å². The molecule has 190 valence electrons. The fourth-order valence-corrected chi connectivity index (χ4v) is 5.44. The number of aromatic nitrogens is 1. The van der Waals surface area contributed by atoms with Gasteiger partial charge in [0.15, 0.2) is 5.76 Å². The van der Waals surface area contributed by atoms with E-state index >= 15 is 0 Å². The van der Waals surface area contributed by atoms with Crippen LogP contribution in [0.15, 0.2) is 83.4 Å². The van der Waals surface area contributed by atoms with Crippen LogP contribution < -0.4 is 5.73 Å². The molecule has 2 saturated carbocycles. The number of ether oxygens (including phenoxy) is 1. The van der Waals surface area contributed by atoms with Crippen molar-refractivity contribution in [3.8, 4) is 11.3 Å². The molecule has 2 aliphatic carbocycles. The quantitative estimate of drug-likeness (QED) is 0.322. The molecule has 0 radical (unpaired) electrons. The Bertz CT molecular complexity index is 1100. The van der Waals surface area contributed by atoms with Crippen molar-refractivity contribution in [1.82, 2.24) is 5.16 Å². The zero-order chi connectivity index (χ0) is 25.3. The molecular formula is C31H39N2O3+. The van der Waals surface area contributed by atoms with Gasteiger partial charge in [0, 0.05) is 30.4 Å². The highest BCUT2D eigenvalue weighted by Gasteiger charge is 2.40. The summed E-state index contributed by atoms with van der Waals surface area (Å²) in [6.45, 7) is 6.87. The number of nitrogens with zero attached hydrogens (tertiary/aromatic N) is 1. The number of quaternary nitrogens is 1. The predicted octanol–water partition coefficient (Wildman–Crippen LogP) is 6.12. The van der Waals surface area contributed by atoms with Crippen molar-refractivity contribution in [2.75, 3.05) is 6.54 Å². The van der Waals surface area contributed by atoms with Crippen LogP contribution in [0.25, 0.3) is 11.3 Å². The van der Waals surface area contributed by atoms with Crippen molar-refractivity contribution in [2.24, 2.45) is 11.8 Å². The van der Waals surface area contributed by atoms with E-state index < -0.39 is 0 Å². The number of carbonyl (C=O) groups is 1. The molecular weight excluding hydrogens is 448 g/mol. The Morgan fingerprint density at radius 3 is 2.33 bits per heavy atom. The van der Waals surface area contributed by atoms with Gasteiger partial charge in [0.05, 0.1) is 18.2 Å². The predicted molar refractivity (Wildman–Crippen MR) is 142 cm³/mol. The lowest BCUT2D eigenvalue weighted by Gasteiger charge is -2.39. The van der Waals surface area contributed by atoms with Gasteiger partial charge >= 0.3 is 5.97 Å². The van der Waals surface area contributed by atoms with Gasteiger partial charge < -0.3 is 15.0 Å². The second kappa shape index (κ2) is 12.7. The number of benzene rings is 2. The van der Waals surface area contributed by atoms with Crippen LogP contribution in [0.5, 0.6) is 0 Å². The maximum absolute atomic E-state index is 13.0. The molecule has 2 aromatic carbocycles. The van der Waals surface area contributed by atoms with Crippen LogP contribution in [0.1, 0.15) is 62.1 Å². The molecule has 3 N–H and O–H groups in total.